The van der Waals surface area contributed by atoms with Gasteiger partial charge in [-0.25, -0.2) is 0 Å². The van der Waals surface area contributed by atoms with E-state index in [1.807, 2.05) is 0 Å². The summed E-state index contributed by atoms with van der Waals surface area (Å²) in [6.07, 6.45) is 11.8. The van der Waals surface area contributed by atoms with Crippen LogP contribution in [0, 0.1) is 28.6 Å². The van der Waals surface area contributed by atoms with Crippen molar-refractivity contribution in [2.24, 2.45) is 28.6 Å². The van der Waals surface area contributed by atoms with Gasteiger partial charge in [0.2, 0.25) is 8.32 Å². The normalized spacial score (nSPS) is 42.7. The second-order valence-electron chi connectivity index (χ2n) is 13.1. The lowest BCUT2D eigenvalue weighted by atomic mass is 9.47. The van der Waals surface area contributed by atoms with Gasteiger partial charge >= 0.3 is 0 Å². The van der Waals surface area contributed by atoms with E-state index in [0.29, 0.717) is 24.2 Å². The number of hydrogen-bond donors (Lipinski definition) is 1. The molecule has 2 saturated carbocycles. The quantitative estimate of drug-likeness (QED) is 0.488. The Morgan fingerprint density at radius 3 is 2.39 bits per heavy atom. The Labute approximate surface area is 190 Å². The first kappa shape index (κ1) is 23.3. The minimum Gasteiger partial charge on any atom is -0.547 e. The van der Waals surface area contributed by atoms with Crippen LogP contribution in [0.4, 0.5) is 0 Å². The van der Waals surface area contributed by atoms with E-state index in [1.165, 1.54) is 11.3 Å². The van der Waals surface area contributed by atoms with E-state index in [1.54, 1.807) is 6.92 Å². The number of carbonyl (C=O) groups excluding carboxylic acids is 1. The number of aliphatic hydroxyl groups is 1. The predicted molar refractivity (Wildman–Crippen MR) is 129 cm³/mol. The molecule has 4 aliphatic rings. The highest BCUT2D eigenvalue weighted by Crippen LogP contribution is 2.67. The lowest BCUT2D eigenvalue weighted by Crippen LogP contribution is -2.56. The summed E-state index contributed by atoms with van der Waals surface area (Å²) in [6.45, 7) is 17.9. The van der Waals surface area contributed by atoms with Gasteiger partial charge in [0.1, 0.15) is 5.60 Å². The highest BCUT2D eigenvalue weighted by molar-refractivity contribution is 6.74. The number of allylic oxidation sites excluding steroid dienone is 4. The molecule has 1 N–H and O–H groups in total. The molecule has 0 amide bonds. The average Bonchev–Trinajstić information content (AvgIpc) is 2.93. The summed E-state index contributed by atoms with van der Waals surface area (Å²) >= 11 is 0. The SMILES string of the molecule is CC(=O)C1(O)CCC2C3CC=C4C=C(O[Si](C)(C)C(C)(C)C)CCC4(C)C3CCC21C. The third-order valence-electron chi connectivity index (χ3n) is 10.7. The van der Waals surface area contributed by atoms with Crippen LogP contribution in [0.5, 0.6) is 0 Å². The van der Waals surface area contributed by atoms with Gasteiger partial charge < -0.3 is 9.53 Å². The fourth-order valence-electron chi connectivity index (χ4n) is 7.46. The average molecular weight is 445 g/mol. The Kier molecular flexibility index (Phi) is 5.30. The zero-order chi connectivity index (χ0) is 23.0. The number of hydrogen-bond acceptors (Lipinski definition) is 3. The van der Waals surface area contributed by atoms with Gasteiger partial charge in [-0.15, -0.1) is 0 Å². The summed E-state index contributed by atoms with van der Waals surface area (Å²) < 4.78 is 6.70. The standard InChI is InChI=1S/C27H44O3Si/c1-18(28)27(29)16-13-23-21-10-9-19-17-20(30-31(7,8)24(2,3)4)11-14-25(19,5)22(21)12-15-26(23,27)6/h9,17,21-23,29H,10-16H2,1-8H3. The van der Waals surface area contributed by atoms with Crippen molar-refractivity contribution in [2.45, 2.75) is 110 Å². The van der Waals surface area contributed by atoms with Gasteiger partial charge in [-0.05, 0) is 98.4 Å². The van der Waals surface area contributed by atoms with Crippen molar-refractivity contribution < 1.29 is 14.3 Å². The Balaban J connectivity index is 1.61. The van der Waals surface area contributed by atoms with E-state index < -0.39 is 13.9 Å². The molecule has 3 nitrogen and oxygen atoms in total. The number of fused-ring (bicyclic) bond motifs is 5. The Hall–Kier alpha value is -0.873. The first-order valence-corrected chi connectivity index (χ1v) is 15.4. The minimum absolute atomic E-state index is 0.0257. The number of ketones is 1. The van der Waals surface area contributed by atoms with Gasteiger partial charge in [0.05, 0.1) is 5.76 Å². The highest BCUT2D eigenvalue weighted by Gasteiger charge is 2.65. The van der Waals surface area contributed by atoms with Gasteiger partial charge in [-0.2, -0.15) is 0 Å². The van der Waals surface area contributed by atoms with Crippen LogP contribution in [0.3, 0.4) is 0 Å². The van der Waals surface area contributed by atoms with E-state index in [9.17, 15) is 9.90 Å². The van der Waals surface area contributed by atoms with Gasteiger partial charge in [0.25, 0.3) is 0 Å². The van der Waals surface area contributed by atoms with E-state index >= 15 is 0 Å². The molecule has 0 heterocycles. The van der Waals surface area contributed by atoms with Crippen molar-refractivity contribution in [1.82, 2.24) is 0 Å². The summed E-state index contributed by atoms with van der Waals surface area (Å²) in [5.74, 6) is 2.84. The van der Waals surface area contributed by atoms with Gasteiger partial charge in [0.15, 0.2) is 5.78 Å². The summed E-state index contributed by atoms with van der Waals surface area (Å²) in [5, 5.41) is 11.5. The van der Waals surface area contributed by atoms with E-state index in [0.717, 1.165) is 38.5 Å². The van der Waals surface area contributed by atoms with Gasteiger partial charge in [0, 0.05) is 11.8 Å². The van der Waals surface area contributed by atoms with Crippen LogP contribution in [0.2, 0.25) is 18.1 Å². The minimum atomic E-state index is -1.82. The Morgan fingerprint density at radius 2 is 1.77 bits per heavy atom. The van der Waals surface area contributed by atoms with E-state index in [4.69, 9.17) is 4.43 Å². The molecule has 31 heavy (non-hydrogen) atoms. The summed E-state index contributed by atoms with van der Waals surface area (Å²) in [5.41, 5.74) is 0.297. The number of rotatable bonds is 3. The van der Waals surface area contributed by atoms with Crippen LogP contribution >= 0.6 is 0 Å². The van der Waals surface area contributed by atoms with Crippen molar-refractivity contribution in [3.63, 3.8) is 0 Å². The maximum absolute atomic E-state index is 12.4. The molecule has 2 fully saturated rings. The molecule has 6 atom stereocenters. The third-order valence-corrected chi connectivity index (χ3v) is 15.0. The Morgan fingerprint density at radius 1 is 1.13 bits per heavy atom. The molecule has 0 aromatic carbocycles. The van der Waals surface area contributed by atoms with Crippen LogP contribution < -0.4 is 0 Å². The van der Waals surface area contributed by atoms with E-state index in [2.05, 4.69) is 59.9 Å². The summed E-state index contributed by atoms with van der Waals surface area (Å²) in [7, 11) is -1.82. The van der Waals surface area contributed by atoms with Crippen LogP contribution in [-0.4, -0.2) is 24.8 Å². The molecular formula is C27H44O3Si. The Bertz CT molecular complexity index is 834. The topological polar surface area (TPSA) is 46.5 Å². The van der Waals surface area contributed by atoms with Crippen molar-refractivity contribution in [3.8, 4) is 0 Å². The molecule has 0 aliphatic heterocycles. The van der Waals surface area contributed by atoms with Crippen molar-refractivity contribution >= 4 is 14.1 Å². The number of Topliss-reactive ketones (excluding diaryl/α,β-unsaturated/α-hetero) is 1. The molecule has 0 saturated heterocycles. The van der Waals surface area contributed by atoms with Gasteiger partial charge in [-0.1, -0.05) is 40.7 Å². The monoisotopic (exact) mass is 444 g/mol. The predicted octanol–water partition coefficient (Wildman–Crippen LogP) is 6.78. The largest absolute Gasteiger partial charge is 0.547 e. The summed E-state index contributed by atoms with van der Waals surface area (Å²) in [6, 6.07) is 0. The maximum atomic E-state index is 12.4. The smallest absolute Gasteiger partial charge is 0.250 e. The molecule has 0 aromatic rings. The molecule has 6 unspecified atom stereocenters. The lowest BCUT2D eigenvalue weighted by Gasteiger charge is -2.58. The van der Waals surface area contributed by atoms with Crippen molar-refractivity contribution in [1.29, 1.82) is 0 Å². The molecule has 4 rings (SSSR count). The fourth-order valence-corrected chi connectivity index (χ4v) is 8.58. The first-order chi connectivity index (χ1) is 14.2. The maximum Gasteiger partial charge on any atom is 0.250 e. The molecule has 0 spiro atoms. The van der Waals surface area contributed by atoms with Crippen LogP contribution in [0.15, 0.2) is 23.5 Å². The summed E-state index contributed by atoms with van der Waals surface area (Å²) in [4.78, 5) is 12.4. The molecule has 0 aromatic heterocycles. The molecule has 0 bridgehead atoms. The fraction of sp³-hybridized carbons (Fsp3) is 0.815. The zero-order valence-corrected chi connectivity index (χ0v) is 22.1. The zero-order valence-electron chi connectivity index (χ0n) is 21.1. The van der Waals surface area contributed by atoms with Crippen molar-refractivity contribution in [3.05, 3.63) is 23.5 Å². The first-order valence-electron chi connectivity index (χ1n) is 12.5. The van der Waals surface area contributed by atoms with Gasteiger partial charge in [-0.3, -0.25) is 4.79 Å². The van der Waals surface area contributed by atoms with Crippen molar-refractivity contribution in [2.75, 3.05) is 0 Å². The highest BCUT2D eigenvalue weighted by atomic mass is 28.4. The molecule has 0 radical (unpaired) electrons. The van der Waals surface area contributed by atoms with Crippen LogP contribution in [0.25, 0.3) is 0 Å². The van der Waals surface area contributed by atoms with E-state index in [-0.39, 0.29) is 21.7 Å². The third kappa shape index (κ3) is 3.26. The second kappa shape index (κ2) is 7.06. The molecule has 4 aliphatic carbocycles. The second-order valence-corrected chi connectivity index (χ2v) is 17.8. The molecular weight excluding hydrogens is 400 g/mol. The molecule has 174 valence electrons. The number of carbonyl (C=O) groups is 1. The molecule has 4 heteroatoms. The lowest BCUT2D eigenvalue weighted by molar-refractivity contribution is -0.158. The van der Waals surface area contributed by atoms with Crippen LogP contribution in [-0.2, 0) is 9.22 Å². The van der Waals surface area contributed by atoms with Crippen LogP contribution in [0.1, 0.15) is 86.5 Å².